The average Bonchev–Trinajstić information content (AvgIpc) is 2.30. The molecule has 0 atom stereocenters. The van der Waals surface area contributed by atoms with Crippen LogP contribution >= 0.6 is 0 Å². The minimum absolute atomic E-state index is 0. The highest BCUT2D eigenvalue weighted by Gasteiger charge is 1.94. The van der Waals surface area contributed by atoms with Crippen LogP contribution in [0.15, 0.2) is 0 Å². The first-order chi connectivity index (χ1) is 8.27. The number of hydrogen-bond donors (Lipinski definition) is 1. The van der Waals surface area contributed by atoms with Crippen LogP contribution in [0, 0.1) is 5.92 Å². The van der Waals surface area contributed by atoms with Crippen molar-refractivity contribution in [3.8, 4) is 0 Å². The van der Waals surface area contributed by atoms with E-state index in [9.17, 15) is 0 Å². The normalized spacial score (nSPS) is 11.3. The minimum Gasteiger partial charge on any atom is -0.317 e. The van der Waals surface area contributed by atoms with Gasteiger partial charge in [-0.25, -0.2) is 0 Å². The largest absolute Gasteiger partial charge is 0.317 e. The molecule has 17 heavy (non-hydrogen) atoms. The zero-order valence-corrected chi connectivity index (χ0v) is 12.6. The zero-order valence-electron chi connectivity index (χ0n) is 12.6. The second-order valence-electron chi connectivity index (χ2n) is 5.76. The molecule has 0 rings (SSSR count). The van der Waals surface area contributed by atoms with Crippen LogP contribution in [0.4, 0.5) is 0 Å². The van der Waals surface area contributed by atoms with Crippen LogP contribution in [0.1, 0.15) is 86.4 Å². The Labute approximate surface area is 111 Å². The van der Waals surface area contributed by atoms with Gasteiger partial charge in [-0.15, -0.1) is 0 Å². The Morgan fingerprint density at radius 1 is 0.765 bits per heavy atom. The number of hydrogen-bond acceptors (Lipinski definition) is 1. The molecule has 0 heterocycles. The second kappa shape index (κ2) is 14.0. The Bertz CT molecular complexity index is 137. The maximum Gasteiger partial charge on any atom is 0 e. The molecule has 0 fully saturated rings. The summed E-state index contributed by atoms with van der Waals surface area (Å²) in [6.07, 6.45) is 14.0. The van der Waals surface area contributed by atoms with Crippen molar-refractivity contribution in [1.82, 2.24) is 5.32 Å². The average molecular weight is 243 g/mol. The zero-order chi connectivity index (χ0) is 12.8. The summed E-state index contributed by atoms with van der Waals surface area (Å²) in [6, 6.07) is 0. The summed E-state index contributed by atoms with van der Waals surface area (Å²) in [7, 11) is 0. The highest BCUT2D eigenvalue weighted by molar-refractivity contribution is 4.52. The van der Waals surface area contributed by atoms with Crippen LogP contribution in [0.2, 0.25) is 0 Å². The van der Waals surface area contributed by atoms with E-state index in [0.29, 0.717) is 0 Å². The molecule has 0 spiro atoms. The summed E-state index contributed by atoms with van der Waals surface area (Å²) in [5, 5.41) is 3.56. The molecule has 1 heteroatoms. The standard InChI is InChI=1S/C16H35N.H2/c1-4-5-6-8-11-14-17-15-12-9-7-10-13-16(2)3;/h16-17H,4-15H2,1-3H3;1H. The molecule has 0 saturated carbocycles. The maximum absolute atomic E-state index is 3.56. The first kappa shape index (κ1) is 17.0. The first-order valence-electron chi connectivity index (χ1n) is 7.98. The van der Waals surface area contributed by atoms with Crippen LogP contribution in [0.3, 0.4) is 0 Å². The molecule has 0 bridgehead atoms. The van der Waals surface area contributed by atoms with Gasteiger partial charge in [0.2, 0.25) is 0 Å². The van der Waals surface area contributed by atoms with Gasteiger partial charge in [0, 0.05) is 1.43 Å². The van der Waals surface area contributed by atoms with Crippen molar-refractivity contribution in [1.29, 1.82) is 0 Å². The molecule has 0 aromatic rings. The number of nitrogens with one attached hydrogen (secondary N) is 1. The predicted octanol–water partition coefficient (Wildman–Crippen LogP) is 5.40. The molecule has 0 aromatic carbocycles. The van der Waals surface area contributed by atoms with Gasteiger partial charge in [-0.2, -0.15) is 0 Å². The molecule has 106 valence electrons. The van der Waals surface area contributed by atoms with E-state index < -0.39 is 0 Å². The third kappa shape index (κ3) is 16.0. The fraction of sp³-hybridized carbons (Fsp3) is 1.00. The van der Waals surface area contributed by atoms with Crippen LogP contribution < -0.4 is 5.32 Å². The van der Waals surface area contributed by atoms with Crippen molar-refractivity contribution in [2.45, 2.75) is 85.0 Å². The van der Waals surface area contributed by atoms with Crippen LogP contribution in [0.25, 0.3) is 0 Å². The number of rotatable bonds is 13. The van der Waals surface area contributed by atoms with Crippen molar-refractivity contribution in [3.05, 3.63) is 0 Å². The Hall–Kier alpha value is -0.0400. The summed E-state index contributed by atoms with van der Waals surface area (Å²) >= 11 is 0. The van der Waals surface area contributed by atoms with Crippen LogP contribution in [-0.4, -0.2) is 13.1 Å². The van der Waals surface area contributed by atoms with Gasteiger partial charge in [-0.05, 0) is 31.8 Å². The first-order valence-corrected chi connectivity index (χ1v) is 7.98. The van der Waals surface area contributed by atoms with E-state index in [4.69, 9.17) is 0 Å². The second-order valence-corrected chi connectivity index (χ2v) is 5.76. The van der Waals surface area contributed by atoms with Crippen molar-refractivity contribution in [2.24, 2.45) is 5.92 Å². The minimum atomic E-state index is 0. The van der Waals surface area contributed by atoms with Gasteiger partial charge < -0.3 is 5.32 Å². The van der Waals surface area contributed by atoms with E-state index >= 15 is 0 Å². The van der Waals surface area contributed by atoms with E-state index in [-0.39, 0.29) is 1.43 Å². The lowest BCUT2D eigenvalue weighted by molar-refractivity contribution is 0.508. The molecule has 0 unspecified atom stereocenters. The lowest BCUT2D eigenvalue weighted by Crippen LogP contribution is -2.16. The molecule has 0 aromatic heterocycles. The summed E-state index contributed by atoms with van der Waals surface area (Å²) in [5.41, 5.74) is 0. The van der Waals surface area contributed by atoms with E-state index in [1.54, 1.807) is 0 Å². The van der Waals surface area contributed by atoms with Crippen molar-refractivity contribution in [2.75, 3.05) is 13.1 Å². The van der Waals surface area contributed by atoms with E-state index in [2.05, 4.69) is 26.1 Å². The lowest BCUT2D eigenvalue weighted by Gasteiger charge is -2.06. The number of unbranched alkanes of at least 4 members (excludes halogenated alkanes) is 7. The topological polar surface area (TPSA) is 12.0 Å². The van der Waals surface area contributed by atoms with E-state index in [1.165, 1.54) is 77.3 Å². The molecule has 0 aliphatic rings. The predicted molar refractivity (Wildman–Crippen MR) is 81.7 cm³/mol. The maximum atomic E-state index is 3.56. The highest BCUT2D eigenvalue weighted by atomic mass is 14.8. The van der Waals surface area contributed by atoms with E-state index in [1.807, 2.05) is 0 Å². The van der Waals surface area contributed by atoms with Crippen LogP contribution in [-0.2, 0) is 0 Å². The quantitative estimate of drug-likeness (QED) is 0.427. The van der Waals surface area contributed by atoms with E-state index in [0.717, 1.165) is 5.92 Å². The fourth-order valence-electron chi connectivity index (χ4n) is 2.13. The van der Waals surface area contributed by atoms with Gasteiger partial charge in [0.25, 0.3) is 0 Å². The molecule has 0 saturated heterocycles. The molecular formula is C16H37N. The Morgan fingerprint density at radius 2 is 1.29 bits per heavy atom. The van der Waals surface area contributed by atoms with Crippen molar-refractivity contribution >= 4 is 0 Å². The van der Waals surface area contributed by atoms with Gasteiger partial charge in [0.1, 0.15) is 0 Å². The van der Waals surface area contributed by atoms with Gasteiger partial charge in [0.15, 0.2) is 0 Å². The van der Waals surface area contributed by atoms with Crippen molar-refractivity contribution < 1.29 is 1.43 Å². The molecule has 0 radical (unpaired) electrons. The van der Waals surface area contributed by atoms with Crippen molar-refractivity contribution in [3.63, 3.8) is 0 Å². The van der Waals surface area contributed by atoms with Gasteiger partial charge >= 0.3 is 0 Å². The Kier molecular flexibility index (Phi) is 14.0. The third-order valence-electron chi connectivity index (χ3n) is 3.34. The smallest absolute Gasteiger partial charge is 0 e. The molecule has 1 nitrogen and oxygen atoms in total. The Morgan fingerprint density at radius 3 is 1.82 bits per heavy atom. The molecular weight excluding hydrogens is 206 g/mol. The van der Waals surface area contributed by atoms with Gasteiger partial charge in [-0.1, -0.05) is 72.1 Å². The van der Waals surface area contributed by atoms with Gasteiger partial charge in [-0.3, -0.25) is 0 Å². The molecule has 0 amide bonds. The van der Waals surface area contributed by atoms with Gasteiger partial charge in [0.05, 0.1) is 0 Å². The highest BCUT2D eigenvalue weighted by Crippen LogP contribution is 2.09. The Balaban J connectivity index is 0. The lowest BCUT2D eigenvalue weighted by atomic mass is 10.0. The summed E-state index contributed by atoms with van der Waals surface area (Å²) in [5.74, 6) is 0.885. The van der Waals surface area contributed by atoms with Crippen LogP contribution in [0.5, 0.6) is 0 Å². The molecule has 0 aliphatic carbocycles. The third-order valence-corrected chi connectivity index (χ3v) is 3.34. The SMILES string of the molecule is CCCCCCCNCCCCCCC(C)C.[HH]. The fourth-order valence-corrected chi connectivity index (χ4v) is 2.13. The molecule has 0 aliphatic heterocycles. The monoisotopic (exact) mass is 243 g/mol. The summed E-state index contributed by atoms with van der Waals surface area (Å²) < 4.78 is 0. The summed E-state index contributed by atoms with van der Waals surface area (Å²) in [4.78, 5) is 0. The molecule has 1 N–H and O–H groups in total. The summed E-state index contributed by atoms with van der Waals surface area (Å²) in [6.45, 7) is 9.38.